The van der Waals surface area contributed by atoms with Gasteiger partial charge in [-0.15, -0.1) is 0 Å². The highest BCUT2D eigenvalue weighted by atomic mass is 28.3. The highest BCUT2D eigenvalue weighted by Gasteiger charge is 2.53. The first-order valence-electron chi connectivity index (χ1n) is 12.1. The van der Waals surface area contributed by atoms with Crippen LogP contribution in [-0.4, -0.2) is 57.7 Å². The summed E-state index contributed by atoms with van der Waals surface area (Å²) in [6.07, 6.45) is -0.864. The molecule has 2 heterocycles. The number of hydrogen-bond donors (Lipinski definition) is 4. The Hall–Kier alpha value is -2.82. The van der Waals surface area contributed by atoms with E-state index in [0.29, 0.717) is 5.56 Å². The molecule has 1 fully saturated rings. The molecule has 9 heteroatoms. The number of aryl methyl sites for hydroxylation is 1. The quantitative estimate of drug-likeness (QED) is 0.349. The van der Waals surface area contributed by atoms with Gasteiger partial charge in [0.2, 0.25) is 0 Å². The van der Waals surface area contributed by atoms with Gasteiger partial charge in [0.15, 0.2) is 0 Å². The topological polar surface area (TPSA) is 125 Å². The molecule has 1 aliphatic rings. The fourth-order valence-electron chi connectivity index (χ4n) is 5.13. The van der Waals surface area contributed by atoms with Crippen molar-refractivity contribution in [1.82, 2.24) is 9.55 Å². The number of rotatable bonds is 6. The van der Waals surface area contributed by atoms with Crippen molar-refractivity contribution in [1.29, 1.82) is 0 Å². The molecular weight excluding hydrogens is 476 g/mol. The van der Waals surface area contributed by atoms with Crippen molar-refractivity contribution in [3.05, 3.63) is 92.8 Å². The molecule has 0 spiro atoms. The number of hydrogen-bond acceptors (Lipinski definition) is 6. The largest absolute Gasteiger partial charge is 0.393 e. The molecule has 4 rings (SSSR count). The van der Waals surface area contributed by atoms with Crippen LogP contribution in [0, 0.1) is 6.92 Å². The first-order valence-corrected chi connectivity index (χ1v) is 13.9. The molecular formula is C27H34N2O6Si. The average Bonchev–Trinajstić information content (AvgIpc) is 3.19. The molecule has 2 aromatic carbocycles. The fraction of sp³-hybridized carbons (Fsp3) is 0.407. The zero-order valence-corrected chi connectivity index (χ0v) is 22.2. The predicted octanol–water partition coefficient (Wildman–Crippen LogP) is 0.0950. The van der Waals surface area contributed by atoms with Gasteiger partial charge in [-0.05, 0) is 17.9 Å². The predicted molar refractivity (Wildman–Crippen MR) is 141 cm³/mol. The summed E-state index contributed by atoms with van der Waals surface area (Å²) in [6, 6.07) is 17.7. The minimum atomic E-state index is -2.47. The summed E-state index contributed by atoms with van der Waals surface area (Å²) in [6.45, 7) is 7.26. The summed E-state index contributed by atoms with van der Waals surface area (Å²) in [4.78, 5) is 26.6. The van der Waals surface area contributed by atoms with Gasteiger partial charge in [0, 0.05) is 18.2 Å². The van der Waals surface area contributed by atoms with E-state index in [1.807, 2.05) is 48.5 Å². The van der Waals surface area contributed by atoms with E-state index < -0.39 is 50.3 Å². The van der Waals surface area contributed by atoms with E-state index in [2.05, 4.69) is 31.8 Å². The summed E-state index contributed by atoms with van der Waals surface area (Å²) in [5.74, 6) is 0. The summed E-state index contributed by atoms with van der Waals surface area (Å²) in [5.41, 5.74) is -2.88. The van der Waals surface area contributed by atoms with Crippen molar-refractivity contribution >= 4 is 19.2 Å². The lowest BCUT2D eigenvalue weighted by molar-refractivity contribution is -0.112. The van der Waals surface area contributed by atoms with Gasteiger partial charge in [-0.1, -0.05) is 85.7 Å². The summed E-state index contributed by atoms with van der Waals surface area (Å²) >= 11 is 0. The monoisotopic (exact) mass is 510 g/mol. The maximum atomic E-state index is 12.5. The Morgan fingerprint density at radius 3 is 2.42 bits per heavy atom. The average molecular weight is 511 g/mol. The lowest BCUT2D eigenvalue weighted by Crippen LogP contribution is -2.62. The number of H-pyrrole nitrogens is 1. The lowest BCUT2D eigenvalue weighted by atomic mass is 9.87. The molecule has 192 valence electrons. The minimum absolute atomic E-state index is 0.118. The van der Waals surface area contributed by atoms with E-state index in [9.17, 15) is 24.9 Å². The van der Waals surface area contributed by atoms with Gasteiger partial charge in [0.05, 0.1) is 12.3 Å². The molecule has 36 heavy (non-hydrogen) atoms. The van der Waals surface area contributed by atoms with Crippen LogP contribution in [0.4, 0.5) is 0 Å². The Kier molecular flexibility index (Phi) is 7.23. The number of aromatic amines is 1. The SMILES string of the molecule is Cc1cn([C@H]2C[C@@](O)(CO)[C@@H](C(O)[SiH](c3ccccc3)c3ccccc3C(C)(C)C)O2)c(=O)[nH]c1=O. The second-order valence-corrected chi connectivity index (χ2v) is 13.6. The number of aliphatic hydroxyl groups is 3. The van der Waals surface area contributed by atoms with Crippen LogP contribution >= 0.6 is 0 Å². The first-order chi connectivity index (χ1) is 17.0. The van der Waals surface area contributed by atoms with E-state index in [0.717, 1.165) is 15.9 Å². The molecule has 3 aromatic rings. The van der Waals surface area contributed by atoms with E-state index in [-0.39, 0.29) is 11.8 Å². The van der Waals surface area contributed by atoms with Crippen molar-refractivity contribution in [2.45, 2.75) is 63.2 Å². The van der Waals surface area contributed by atoms with Crippen molar-refractivity contribution in [2.75, 3.05) is 6.61 Å². The second kappa shape index (κ2) is 9.91. The van der Waals surface area contributed by atoms with Crippen LogP contribution in [0.2, 0.25) is 0 Å². The van der Waals surface area contributed by atoms with Crippen molar-refractivity contribution in [2.24, 2.45) is 0 Å². The van der Waals surface area contributed by atoms with E-state index >= 15 is 0 Å². The molecule has 0 amide bonds. The Balaban J connectivity index is 1.81. The Morgan fingerprint density at radius 2 is 1.78 bits per heavy atom. The highest BCUT2D eigenvalue weighted by Crippen LogP contribution is 2.38. The molecule has 1 aliphatic heterocycles. The summed E-state index contributed by atoms with van der Waals surface area (Å²) in [7, 11) is -2.47. The van der Waals surface area contributed by atoms with Gasteiger partial charge in [-0.25, -0.2) is 4.79 Å². The fourth-order valence-corrected chi connectivity index (χ4v) is 8.87. The van der Waals surface area contributed by atoms with Crippen LogP contribution in [0.25, 0.3) is 0 Å². The van der Waals surface area contributed by atoms with Gasteiger partial charge >= 0.3 is 5.69 Å². The highest BCUT2D eigenvalue weighted by molar-refractivity contribution is 6.86. The van der Waals surface area contributed by atoms with E-state index in [1.165, 1.54) is 10.8 Å². The Morgan fingerprint density at radius 1 is 1.14 bits per heavy atom. The number of ether oxygens (including phenoxy) is 1. The molecule has 5 atom stereocenters. The van der Waals surface area contributed by atoms with Gasteiger partial charge in [0.25, 0.3) is 5.56 Å². The number of benzene rings is 2. The van der Waals surface area contributed by atoms with Gasteiger partial charge in [0.1, 0.15) is 26.7 Å². The second-order valence-electron chi connectivity index (χ2n) is 10.7. The number of aromatic nitrogens is 2. The third kappa shape index (κ3) is 4.89. The summed E-state index contributed by atoms with van der Waals surface area (Å²) in [5, 5.41) is 35.6. The molecule has 8 nitrogen and oxygen atoms in total. The van der Waals surface area contributed by atoms with E-state index in [4.69, 9.17) is 4.74 Å². The molecule has 0 aliphatic carbocycles. The molecule has 4 N–H and O–H groups in total. The van der Waals surface area contributed by atoms with Crippen LogP contribution in [0.1, 0.15) is 44.5 Å². The zero-order chi connectivity index (χ0) is 26.3. The van der Waals surface area contributed by atoms with Gasteiger partial charge < -0.3 is 20.1 Å². The van der Waals surface area contributed by atoms with Crippen molar-refractivity contribution in [3.63, 3.8) is 0 Å². The van der Waals surface area contributed by atoms with Crippen LogP contribution < -0.4 is 21.6 Å². The molecule has 0 saturated carbocycles. The standard InChI is InChI=1S/C27H34N2O6Si/c1-17-15-29(25(33)28-23(17)31)21-14-27(34,16-30)22(35-21)24(32)36(18-10-6-5-7-11-18)20-13-9-8-12-19(20)26(2,3)4/h5-13,15,21-22,24,30,32,34,36H,14,16H2,1-4H3,(H,28,31,33)/t21-,22-,24?,27-,36?/m1/s1. The summed E-state index contributed by atoms with van der Waals surface area (Å²) < 4.78 is 7.36. The Labute approximate surface area is 211 Å². The van der Waals surface area contributed by atoms with Gasteiger partial charge in [-0.3, -0.25) is 14.3 Å². The molecule has 1 aromatic heterocycles. The first kappa shape index (κ1) is 26.2. The van der Waals surface area contributed by atoms with Crippen LogP contribution in [0.5, 0.6) is 0 Å². The van der Waals surface area contributed by atoms with Crippen molar-refractivity contribution < 1.29 is 20.1 Å². The normalized spacial score (nSPS) is 24.0. The number of aliphatic hydroxyl groups excluding tert-OH is 2. The molecule has 2 unspecified atom stereocenters. The lowest BCUT2D eigenvalue weighted by Gasteiger charge is -2.36. The van der Waals surface area contributed by atoms with Crippen LogP contribution in [0.3, 0.4) is 0 Å². The van der Waals surface area contributed by atoms with Gasteiger partial charge in [-0.2, -0.15) is 0 Å². The zero-order valence-electron chi connectivity index (χ0n) is 21.0. The van der Waals surface area contributed by atoms with Crippen LogP contribution in [0.15, 0.2) is 70.4 Å². The minimum Gasteiger partial charge on any atom is -0.393 e. The maximum Gasteiger partial charge on any atom is 0.330 e. The van der Waals surface area contributed by atoms with E-state index in [1.54, 1.807) is 6.92 Å². The number of nitrogens with one attached hydrogen (secondary N) is 1. The van der Waals surface area contributed by atoms with Crippen molar-refractivity contribution in [3.8, 4) is 0 Å². The maximum absolute atomic E-state index is 12.5. The smallest absolute Gasteiger partial charge is 0.330 e. The van der Waals surface area contributed by atoms with Crippen LogP contribution in [-0.2, 0) is 10.2 Å². The Bertz CT molecular complexity index is 1330. The molecule has 1 saturated heterocycles. The molecule has 0 bridgehead atoms. The number of nitrogens with zero attached hydrogens (tertiary/aromatic N) is 1. The molecule has 0 radical (unpaired) electrons. The third-order valence-electron chi connectivity index (χ3n) is 7.01. The third-order valence-corrected chi connectivity index (χ3v) is 10.3.